The molecule has 2 saturated carbocycles. The number of hydrogen-bond donors (Lipinski definition) is 3. The summed E-state index contributed by atoms with van der Waals surface area (Å²) in [7, 11) is 1.59. The average molecular weight is 399 g/mol. The van der Waals surface area contributed by atoms with E-state index < -0.39 is 5.97 Å². The molecule has 3 aliphatic carbocycles. The Kier molecular flexibility index (Phi) is 5.05. The van der Waals surface area contributed by atoms with E-state index in [1.807, 2.05) is 12.1 Å². The first kappa shape index (κ1) is 19.8. The van der Waals surface area contributed by atoms with E-state index in [0.717, 1.165) is 50.7 Å². The summed E-state index contributed by atoms with van der Waals surface area (Å²) in [6, 6.07) is 3.97. The number of carboxylic acid groups (broad SMARTS) is 1. The Morgan fingerprint density at radius 2 is 2.00 bits per heavy atom. The average Bonchev–Trinajstić information content (AvgIpc) is 3.02. The summed E-state index contributed by atoms with van der Waals surface area (Å²) in [5, 5.41) is 21.9. The largest absolute Gasteiger partial charge is 0.504 e. The number of ether oxygens (including phenoxy) is 1. The third-order valence-electron chi connectivity index (χ3n) is 7.72. The van der Waals surface area contributed by atoms with Crippen LogP contribution < -0.4 is 10.1 Å². The van der Waals surface area contributed by atoms with Crippen LogP contribution in [0.3, 0.4) is 0 Å². The normalized spacial score (nSPS) is 32.9. The van der Waals surface area contributed by atoms with Crippen molar-refractivity contribution in [2.24, 2.45) is 17.3 Å². The summed E-state index contributed by atoms with van der Waals surface area (Å²) < 4.78 is 5.35. The Labute approximate surface area is 171 Å². The molecule has 3 N–H and O–H groups in total. The first-order valence-electron chi connectivity index (χ1n) is 10.4. The molecule has 1 aromatic rings. The molecule has 0 aliphatic heterocycles. The molecule has 0 heterocycles. The molecule has 0 spiro atoms. The number of carbonyl (C=O) groups excluding carboxylic acids is 1. The van der Waals surface area contributed by atoms with Crippen LogP contribution in [0.15, 0.2) is 24.3 Å². The van der Waals surface area contributed by atoms with Gasteiger partial charge in [-0.3, -0.25) is 4.79 Å². The predicted molar refractivity (Wildman–Crippen MR) is 108 cm³/mol. The minimum Gasteiger partial charge on any atom is -0.504 e. The van der Waals surface area contributed by atoms with Crippen LogP contribution in [0.25, 0.3) is 0 Å². The lowest BCUT2D eigenvalue weighted by Gasteiger charge is -2.51. The Balaban J connectivity index is 1.55. The van der Waals surface area contributed by atoms with Gasteiger partial charge >= 0.3 is 5.97 Å². The molecule has 6 nitrogen and oxygen atoms in total. The standard InChI is InChI=1S/C23H29NO5/c1-23-10-9-14-15(4-3-13-11-18(25)19(29-2)12-16(13)14)17(23)5-6-20(23)24-21(26)7-8-22(27)28/h7-8,11-12,14-15,17,20,25H,3-6,9-10H2,1-2H3,(H,24,26)(H,27,28)/b8-7+/t14?,15?,17?,20-,23-/m0/s1. The molecule has 3 unspecified atom stereocenters. The van der Waals surface area contributed by atoms with Gasteiger partial charge in [-0.15, -0.1) is 0 Å². The Morgan fingerprint density at radius 3 is 2.72 bits per heavy atom. The zero-order valence-electron chi connectivity index (χ0n) is 17.0. The predicted octanol–water partition coefficient (Wildman–Crippen LogP) is 3.38. The van der Waals surface area contributed by atoms with Gasteiger partial charge in [0.05, 0.1) is 7.11 Å². The molecule has 0 saturated heterocycles. The zero-order chi connectivity index (χ0) is 20.8. The van der Waals surface area contributed by atoms with Gasteiger partial charge in [0.2, 0.25) is 5.91 Å². The van der Waals surface area contributed by atoms with Crippen molar-refractivity contribution in [3.63, 3.8) is 0 Å². The van der Waals surface area contributed by atoms with Crippen LogP contribution in [-0.4, -0.2) is 35.2 Å². The van der Waals surface area contributed by atoms with Crippen molar-refractivity contribution < 1.29 is 24.5 Å². The number of nitrogens with one attached hydrogen (secondary N) is 1. The van der Waals surface area contributed by atoms with E-state index in [1.165, 1.54) is 11.1 Å². The highest BCUT2D eigenvalue weighted by Gasteiger charge is 2.55. The van der Waals surface area contributed by atoms with E-state index in [0.29, 0.717) is 23.5 Å². The van der Waals surface area contributed by atoms with Crippen molar-refractivity contribution in [2.45, 2.75) is 57.4 Å². The molecule has 5 atom stereocenters. The van der Waals surface area contributed by atoms with Crippen LogP contribution in [0.4, 0.5) is 0 Å². The van der Waals surface area contributed by atoms with Gasteiger partial charge in [-0.25, -0.2) is 4.79 Å². The lowest BCUT2D eigenvalue weighted by atomic mass is 9.55. The molecule has 156 valence electrons. The van der Waals surface area contributed by atoms with Gasteiger partial charge < -0.3 is 20.3 Å². The quantitative estimate of drug-likeness (QED) is 0.675. The van der Waals surface area contributed by atoms with Crippen molar-refractivity contribution in [3.8, 4) is 11.5 Å². The van der Waals surface area contributed by atoms with Crippen LogP contribution in [-0.2, 0) is 16.0 Å². The molecule has 1 amide bonds. The highest BCUT2D eigenvalue weighted by Crippen LogP contribution is 2.61. The van der Waals surface area contributed by atoms with Crippen molar-refractivity contribution >= 4 is 11.9 Å². The molecule has 0 aromatic heterocycles. The zero-order valence-corrected chi connectivity index (χ0v) is 17.0. The topological polar surface area (TPSA) is 95.9 Å². The fraction of sp³-hybridized carbons (Fsp3) is 0.565. The number of phenols is 1. The van der Waals surface area contributed by atoms with Crippen LogP contribution >= 0.6 is 0 Å². The number of carboxylic acids is 1. The van der Waals surface area contributed by atoms with Crippen molar-refractivity contribution in [3.05, 3.63) is 35.4 Å². The summed E-state index contributed by atoms with van der Waals surface area (Å²) in [6.45, 7) is 2.29. The third-order valence-corrected chi connectivity index (χ3v) is 7.72. The highest BCUT2D eigenvalue weighted by atomic mass is 16.5. The number of fused-ring (bicyclic) bond motifs is 5. The van der Waals surface area contributed by atoms with Crippen molar-refractivity contribution in [1.29, 1.82) is 0 Å². The summed E-state index contributed by atoms with van der Waals surface area (Å²) >= 11 is 0. The number of phenolic OH excluding ortho intramolecular Hbond substituents is 1. The lowest BCUT2D eigenvalue weighted by Crippen LogP contribution is -2.49. The van der Waals surface area contributed by atoms with Crippen LogP contribution in [0.5, 0.6) is 11.5 Å². The number of benzene rings is 1. The lowest BCUT2D eigenvalue weighted by molar-refractivity contribution is -0.131. The number of carbonyl (C=O) groups is 2. The highest BCUT2D eigenvalue weighted by molar-refractivity contribution is 5.94. The van der Waals surface area contributed by atoms with E-state index in [-0.39, 0.29) is 23.1 Å². The van der Waals surface area contributed by atoms with Gasteiger partial charge in [0.1, 0.15) is 0 Å². The van der Waals surface area contributed by atoms with Gasteiger partial charge in [-0.1, -0.05) is 6.92 Å². The first-order chi connectivity index (χ1) is 13.8. The smallest absolute Gasteiger partial charge is 0.328 e. The van der Waals surface area contributed by atoms with Gasteiger partial charge in [-0.2, -0.15) is 0 Å². The molecule has 3 aliphatic rings. The van der Waals surface area contributed by atoms with Gasteiger partial charge in [-0.05, 0) is 85.0 Å². The number of hydrogen-bond acceptors (Lipinski definition) is 4. The maximum atomic E-state index is 12.2. The number of aryl methyl sites for hydroxylation is 1. The second kappa shape index (κ2) is 7.39. The van der Waals surface area contributed by atoms with Gasteiger partial charge in [0.15, 0.2) is 11.5 Å². The summed E-state index contributed by atoms with van der Waals surface area (Å²) in [6.07, 6.45) is 8.15. The van der Waals surface area contributed by atoms with E-state index >= 15 is 0 Å². The van der Waals surface area contributed by atoms with Crippen molar-refractivity contribution in [1.82, 2.24) is 5.32 Å². The van der Waals surface area contributed by atoms with E-state index in [9.17, 15) is 14.7 Å². The van der Waals surface area contributed by atoms with Crippen LogP contribution in [0.1, 0.15) is 56.1 Å². The van der Waals surface area contributed by atoms with Crippen LogP contribution in [0, 0.1) is 17.3 Å². The molecule has 2 fully saturated rings. The molecule has 29 heavy (non-hydrogen) atoms. The van der Waals surface area contributed by atoms with Crippen LogP contribution in [0.2, 0.25) is 0 Å². The summed E-state index contributed by atoms with van der Waals surface area (Å²) in [5.74, 6) is 0.875. The molecule has 6 heteroatoms. The summed E-state index contributed by atoms with van der Waals surface area (Å²) in [5.41, 5.74) is 2.58. The van der Waals surface area contributed by atoms with E-state index in [4.69, 9.17) is 9.84 Å². The van der Waals surface area contributed by atoms with E-state index in [2.05, 4.69) is 12.2 Å². The minimum absolute atomic E-state index is 0.0341. The van der Waals surface area contributed by atoms with E-state index in [1.54, 1.807) is 7.11 Å². The van der Waals surface area contributed by atoms with Gasteiger partial charge in [0, 0.05) is 18.2 Å². The number of rotatable bonds is 4. The molecule has 4 rings (SSSR count). The molecular formula is C23H29NO5. The Hall–Kier alpha value is -2.50. The molecular weight excluding hydrogens is 370 g/mol. The fourth-order valence-electron chi connectivity index (χ4n) is 6.35. The molecule has 1 aromatic carbocycles. The number of aromatic hydroxyl groups is 1. The monoisotopic (exact) mass is 399 g/mol. The molecule has 0 bridgehead atoms. The maximum Gasteiger partial charge on any atom is 0.328 e. The fourth-order valence-corrected chi connectivity index (χ4v) is 6.35. The minimum atomic E-state index is -1.11. The SMILES string of the molecule is COc1cc2c(cc1O)CCC1C2CC[C@@]2(C)C1CC[C@@H]2NC(=O)/C=C/C(=O)O. The summed E-state index contributed by atoms with van der Waals surface area (Å²) in [4.78, 5) is 22.8. The van der Waals surface area contributed by atoms with Crippen molar-refractivity contribution in [2.75, 3.05) is 7.11 Å². The second-order valence-corrected chi connectivity index (χ2v) is 8.99. The number of aliphatic carboxylic acids is 1. The first-order valence-corrected chi connectivity index (χ1v) is 10.4. The third kappa shape index (κ3) is 3.38. The second-order valence-electron chi connectivity index (χ2n) is 8.99. The Bertz CT molecular complexity index is 863. The Morgan fingerprint density at radius 1 is 1.21 bits per heavy atom. The maximum absolute atomic E-state index is 12.2. The number of amides is 1. The molecule has 0 radical (unpaired) electrons. The number of methoxy groups -OCH3 is 1. The van der Waals surface area contributed by atoms with Gasteiger partial charge in [0.25, 0.3) is 0 Å².